The SMILES string of the molecule is CC(C)Cc1cnc(-c2ccc3c(c2)c2ccccc2n3-c2ccccc2)nc1. The number of hydrogen-bond donors (Lipinski definition) is 0. The Bertz CT molecular complexity index is 1280. The van der Waals surface area contributed by atoms with Crippen LogP contribution in [0.1, 0.15) is 19.4 Å². The number of aromatic nitrogens is 3. The van der Waals surface area contributed by atoms with Crippen molar-refractivity contribution in [3.05, 3.63) is 90.8 Å². The molecule has 0 radical (unpaired) electrons. The van der Waals surface area contributed by atoms with E-state index >= 15 is 0 Å². The molecule has 0 amide bonds. The number of para-hydroxylation sites is 2. The molecule has 142 valence electrons. The van der Waals surface area contributed by atoms with Gasteiger partial charge in [0, 0.05) is 34.4 Å². The van der Waals surface area contributed by atoms with E-state index in [1.165, 1.54) is 33.1 Å². The van der Waals surface area contributed by atoms with E-state index in [0.29, 0.717) is 5.92 Å². The van der Waals surface area contributed by atoms with Crippen LogP contribution >= 0.6 is 0 Å². The van der Waals surface area contributed by atoms with E-state index in [0.717, 1.165) is 17.8 Å². The molecule has 0 bridgehead atoms. The first-order valence-electron chi connectivity index (χ1n) is 10.1. The fourth-order valence-electron chi connectivity index (χ4n) is 4.05. The van der Waals surface area contributed by atoms with Crippen LogP contribution in [-0.2, 0) is 6.42 Å². The Morgan fingerprint density at radius 2 is 1.45 bits per heavy atom. The van der Waals surface area contributed by atoms with Crippen LogP contribution in [0.3, 0.4) is 0 Å². The number of benzene rings is 3. The Morgan fingerprint density at radius 3 is 2.21 bits per heavy atom. The van der Waals surface area contributed by atoms with Crippen molar-refractivity contribution in [2.45, 2.75) is 20.3 Å². The number of hydrogen-bond acceptors (Lipinski definition) is 2. The predicted octanol–water partition coefficient (Wildman–Crippen LogP) is 6.44. The highest BCUT2D eigenvalue weighted by Gasteiger charge is 2.13. The maximum Gasteiger partial charge on any atom is 0.159 e. The molecule has 0 saturated heterocycles. The third kappa shape index (κ3) is 3.19. The lowest BCUT2D eigenvalue weighted by Crippen LogP contribution is -1.97. The minimum absolute atomic E-state index is 0.602. The lowest BCUT2D eigenvalue weighted by atomic mass is 10.1. The van der Waals surface area contributed by atoms with E-state index < -0.39 is 0 Å². The normalized spacial score (nSPS) is 11.6. The summed E-state index contributed by atoms with van der Waals surface area (Å²) in [6.07, 6.45) is 4.92. The minimum Gasteiger partial charge on any atom is -0.309 e. The van der Waals surface area contributed by atoms with Crippen molar-refractivity contribution in [3.8, 4) is 17.1 Å². The van der Waals surface area contributed by atoms with Crippen LogP contribution in [0.5, 0.6) is 0 Å². The smallest absolute Gasteiger partial charge is 0.159 e. The average Bonchev–Trinajstić information content (AvgIpc) is 3.08. The summed E-state index contributed by atoms with van der Waals surface area (Å²) in [5, 5.41) is 2.46. The van der Waals surface area contributed by atoms with Crippen LogP contribution in [0.2, 0.25) is 0 Å². The van der Waals surface area contributed by atoms with E-state index in [9.17, 15) is 0 Å². The third-order valence-corrected chi connectivity index (χ3v) is 5.29. The molecule has 0 aliphatic rings. The molecule has 2 heterocycles. The number of rotatable bonds is 4. The van der Waals surface area contributed by atoms with Gasteiger partial charge in [-0.1, -0.05) is 50.2 Å². The van der Waals surface area contributed by atoms with Gasteiger partial charge in [-0.15, -0.1) is 0 Å². The van der Waals surface area contributed by atoms with Crippen molar-refractivity contribution in [1.82, 2.24) is 14.5 Å². The van der Waals surface area contributed by atoms with Gasteiger partial charge in [-0.05, 0) is 54.3 Å². The molecular weight excluding hydrogens is 354 g/mol. The van der Waals surface area contributed by atoms with Crippen molar-refractivity contribution in [3.63, 3.8) is 0 Å². The highest BCUT2D eigenvalue weighted by atomic mass is 15.0. The Balaban J connectivity index is 1.67. The molecule has 5 aromatic rings. The molecular formula is C26H23N3. The first-order chi connectivity index (χ1) is 14.2. The molecule has 0 atom stereocenters. The number of fused-ring (bicyclic) bond motifs is 3. The summed E-state index contributed by atoms with van der Waals surface area (Å²) in [4.78, 5) is 9.27. The predicted molar refractivity (Wildman–Crippen MR) is 120 cm³/mol. The number of nitrogens with zero attached hydrogens (tertiary/aromatic N) is 3. The molecule has 3 heteroatoms. The van der Waals surface area contributed by atoms with Gasteiger partial charge in [0.25, 0.3) is 0 Å². The molecule has 0 aliphatic carbocycles. The first kappa shape index (κ1) is 17.6. The lowest BCUT2D eigenvalue weighted by molar-refractivity contribution is 0.644. The van der Waals surface area contributed by atoms with Crippen LogP contribution in [-0.4, -0.2) is 14.5 Å². The van der Waals surface area contributed by atoms with Crippen LogP contribution < -0.4 is 0 Å². The Kier molecular flexibility index (Phi) is 4.36. The van der Waals surface area contributed by atoms with Gasteiger partial charge < -0.3 is 4.57 Å². The first-order valence-corrected chi connectivity index (χ1v) is 10.1. The van der Waals surface area contributed by atoms with E-state index in [-0.39, 0.29) is 0 Å². The fraction of sp³-hybridized carbons (Fsp3) is 0.154. The van der Waals surface area contributed by atoms with Gasteiger partial charge >= 0.3 is 0 Å². The largest absolute Gasteiger partial charge is 0.309 e. The summed E-state index contributed by atoms with van der Waals surface area (Å²) in [6, 6.07) is 25.6. The molecule has 3 aromatic carbocycles. The van der Waals surface area contributed by atoms with Crippen LogP contribution in [0.15, 0.2) is 85.2 Å². The average molecular weight is 377 g/mol. The summed E-state index contributed by atoms with van der Waals surface area (Å²) in [7, 11) is 0. The van der Waals surface area contributed by atoms with Crippen molar-refractivity contribution < 1.29 is 0 Å². The second-order valence-electron chi connectivity index (χ2n) is 7.93. The zero-order chi connectivity index (χ0) is 19.8. The zero-order valence-electron chi connectivity index (χ0n) is 16.7. The minimum atomic E-state index is 0.602. The molecule has 5 rings (SSSR count). The summed E-state index contributed by atoms with van der Waals surface area (Å²) < 4.78 is 2.32. The molecule has 0 N–H and O–H groups in total. The quantitative estimate of drug-likeness (QED) is 0.361. The molecule has 0 unspecified atom stereocenters. The molecule has 2 aromatic heterocycles. The van der Waals surface area contributed by atoms with Gasteiger partial charge in [0.05, 0.1) is 11.0 Å². The molecule has 0 spiro atoms. The maximum absolute atomic E-state index is 4.64. The Hall–Kier alpha value is -3.46. The Labute approximate surface area is 170 Å². The molecule has 0 aliphatic heterocycles. The van der Waals surface area contributed by atoms with Gasteiger partial charge in [0.1, 0.15) is 0 Å². The summed E-state index contributed by atoms with van der Waals surface area (Å²) in [6.45, 7) is 4.43. The Morgan fingerprint density at radius 1 is 0.759 bits per heavy atom. The van der Waals surface area contributed by atoms with Gasteiger partial charge in [-0.2, -0.15) is 0 Å². The summed E-state index contributed by atoms with van der Waals surface area (Å²) >= 11 is 0. The highest BCUT2D eigenvalue weighted by molar-refractivity contribution is 6.10. The van der Waals surface area contributed by atoms with E-state index in [4.69, 9.17) is 0 Å². The van der Waals surface area contributed by atoms with Gasteiger partial charge in [0.15, 0.2) is 5.82 Å². The lowest BCUT2D eigenvalue weighted by Gasteiger charge is -2.08. The zero-order valence-corrected chi connectivity index (χ0v) is 16.7. The standard InChI is InChI=1S/C26H23N3/c1-18(2)14-19-16-27-26(28-17-19)20-12-13-25-23(15-20)22-10-6-7-11-24(22)29(25)21-8-4-3-5-9-21/h3-13,15-18H,14H2,1-2H3. The molecule has 3 nitrogen and oxygen atoms in total. The van der Waals surface area contributed by atoms with Crippen LogP contribution in [0, 0.1) is 5.92 Å². The molecule has 0 fully saturated rings. The molecule has 29 heavy (non-hydrogen) atoms. The summed E-state index contributed by atoms with van der Waals surface area (Å²) in [5.41, 5.74) is 5.80. The van der Waals surface area contributed by atoms with Crippen molar-refractivity contribution in [2.24, 2.45) is 5.92 Å². The second kappa shape index (κ2) is 7.17. The van der Waals surface area contributed by atoms with E-state index in [1.807, 2.05) is 12.4 Å². The molecule has 0 saturated carbocycles. The van der Waals surface area contributed by atoms with Crippen LogP contribution in [0.25, 0.3) is 38.9 Å². The van der Waals surface area contributed by atoms with E-state index in [1.54, 1.807) is 0 Å². The topological polar surface area (TPSA) is 30.7 Å². The fourth-order valence-corrected chi connectivity index (χ4v) is 4.05. The third-order valence-electron chi connectivity index (χ3n) is 5.29. The van der Waals surface area contributed by atoms with Gasteiger partial charge in [-0.25, -0.2) is 9.97 Å². The van der Waals surface area contributed by atoms with Crippen molar-refractivity contribution in [2.75, 3.05) is 0 Å². The van der Waals surface area contributed by atoms with Gasteiger partial charge in [-0.3, -0.25) is 0 Å². The van der Waals surface area contributed by atoms with E-state index in [2.05, 4.69) is 101 Å². The highest BCUT2D eigenvalue weighted by Crippen LogP contribution is 2.34. The van der Waals surface area contributed by atoms with Crippen LogP contribution in [0.4, 0.5) is 0 Å². The summed E-state index contributed by atoms with van der Waals surface area (Å²) in [5.74, 6) is 1.38. The second-order valence-corrected chi connectivity index (χ2v) is 7.93. The van der Waals surface area contributed by atoms with Crippen molar-refractivity contribution >= 4 is 21.8 Å². The van der Waals surface area contributed by atoms with Crippen molar-refractivity contribution in [1.29, 1.82) is 0 Å². The maximum atomic E-state index is 4.64. The van der Waals surface area contributed by atoms with Gasteiger partial charge in [0.2, 0.25) is 0 Å². The monoisotopic (exact) mass is 377 g/mol.